The Bertz CT molecular complexity index is 1590. The molecule has 3 amide bonds. The van der Waals surface area contributed by atoms with E-state index in [1.165, 1.54) is 31.1 Å². The van der Waals surface area contributed by atoms with Crippen LogP contribution in [-0.4, -0.2) is 104 Å². The number of nitrogens with one attached hydrogen (secondary N) is 1. The number of esters is 1. The predicted octanol–water partition coefficient (Wildman–Crippen LogP) is 4.56. The summed E-state index contributed by atoms with van der Waals surface area (Å²) in [6.07, 6.45) is 0.973. The Hall–Kier alpha value is -3.65. The van der Waals surface area contributed by atoms with E-state index in [9.17, 15) is 24.3 Å². The molecule has 1 aromatic carbocycles. The number of carbonyl (C=O) groups is 4. The van der Waals surface area contributed by atoms with Crippen LogP contribution in [0.2, 0.25) is 5.02 Å². The lowest BCUT2D eigenvalue weighted by atomic mass is 9.83. The minimum atomic E-state index is -1.82. The summed E-state index contributed by atoms with van der Waals surface area (Å²) in [6.45, 7) is 12.3. The molecule has 3 heterocycles. The molecule has 0 aliphatic carbocycles. The molecule has 0 saturated carbocycles. The maximum Gasteiger partial charge on any atom is 0.409 e. The maximum absolute atomic E-state index is 14.1. The first kappa shape index (κ1) is 40.1. The fourth-order valence-corrected chi connectivity index (χ4v) is 7.02. The molecule has 0 spiro atoms. The first-order valence-corrected chi connectivity index (χ1v) is 17.4. The van der Waals surface area contributed by atoms with Gasteiger partial charge in [0.25, 0.3) is 0 Å². The molecule has 2 N–H and O–H groups in total. The first-order chi connectivity index (χ1) is 23.7. The minimum Gasteiger partial charge on any atom is -0.495 e. The van der Waals surface area contributed by atoms with Crippen LogP contribution in [0.15, 0.2) is 35.9 Å². The van der Waals surface area contributed by atoms with Gasteiger partial charge >= 0.3 is 12.1 Å². The van der Waals surface area contributed by atoms with Crippen LogP contribution < -0.4 is 15.0 Å². The Morgan fingerprint density at radius 3 is 2.49 bits per heavy atom. The molecule has 2 fully saturated rings. The van der Waals surface area contributed by atoms with Crippen LogP contribution in [0.5, 0.6) is 5.75 Å². The van der Waals surface area contributed by atoms with Gasteiger partial charge in [-0.25, -0.2) is 9.59 Å². The van der Waals surface area contributed by atoms with Crippen LogP contribution in [0.1, 0.15) is 66.9 Å². The Morgan fingerprint density at radius 1 is 1.22 bits per heavy atom. The van der Waals surface area contributed by atoms with Crippen molar-refractivity contribution < 1.29 is 48.0 Å². The molecule has 3 aliphatic rings. The Morgan fingerprint density at radius 2 is 1.88 bits per heavy atom. The Labute approximate surface area is 305 Å². The molecule has 0 aromatic heterocycles. The second-order valence-corrected chi connectivity index (χ2v) is 15.4. The van der Waals surface area contributed by atoms with E-state index in [1.807, 2.05) is 13.0 Å². The highest BCUT2D eigenvalue weighted by Gasteiger charge is 2.64. The summed E-state index contributed by atoms with van der Waals surface area (Å²) in [6, 6.07) is 2.61. The quantitative estimate of drug-likeness (QED) is 0.325. The maximum atomic E-state index is 14.1. The van der Waals surface area contributed by atoms with Crippen molar-refractivity contribution in [3.05, 3.63) is 46.5 Å². The summed E-state index contributed by atoms with van der Waals surface area (Å²) in [7, 11) is 6.03. The zero-order valence-electron chi connectivity index (χ0n) is 31.4. The molecule has 51 heavy (non-hydrogen) atoms. The van der Waals surface area contributed by atoms with E-state index in [4.69, 9.17) is 35.3 Å². The third-order valence-electron chi connectivity index (χ3n) is 10.1. The summed E-state index contributed by atoms with van der Waals surface area (Å²) in [5.74, 6) is -1.56. The Balaban J connectivity index is 1.78. The van der Waals surface area contributed by atoms with Crippen LogP contribution in [-0.2, 0) is 39.8 Å². The van der Waals surface area contributed by atoms with Crippen LogP contribution in [0.3, 0.4) is 0 Å². The highest BCUT2D eigenvalue weighted by molar-refractivity contribution is 6.35. The van der Waals surface area contributed by atoms with Gasteiger partial charge in [-0.05, 0) is 44.9 Å². The number of epoxide rings is 1. The molecular weight excluding hydrogens is 682 g/mol. The van der Waals surface area contributed by atoms with Crippen LogP contribution >= 0.6 is 11.6 Å². The molecule has 3 aliphatic heterocycles. The zero-order chi connectivity index (χ0) is 38.2. The standard InChI is InChI=1S/C37H52ClN3O10/c1-20-13-12-14-27(48-11)37(46)19-26(49-34(45)39-37)21(2)31-36(7,51-31)28(50-32(43)22(3)40(8)33(44)35(4,5)6)18-29(42)41(9)24-16-23(15-20)17-25(47-10)30(24)38/h12-14,16-17,21-22,26-28,31,46H,15,18-19H2,1-11H3,(H,39,45)/b14-12-,20-13+/t21?,22-,26-,27+,28-,31-,36-,37-/m0/s1. The fraction of sp³-hybridized carbons (Fsp3) is 0.622. The van der Waals surface area contributed by atoms with Crippen LogP contribution in [0.25, 0.3) is 0 Å². The van der Waals surface area contributed by atoms with Gasteiger partial charge in [-0.1, -0.05) is 63.1 Å². The molecule has 8 atom stereocenters. The number of anilines is 1. The number of aliphatic hydroxyl groups is 1. The Kier molecular flexibility index (Phi) is 11.9. The molecule has 0 radical (unpaired) electrons. The predicted molar refractivity (Wildman–Crippen MR) is 190 cm³/mol. The average Bonchev–Trinajstić information content (AvgIpc) is 3.75. The summed E-state index contributed by atoms with van der Waals surface area (Å²) < 4.78 is 29.2. The van der Waals surface area contributed by atoms with E-state index >= 15 is 0 Å². The van der Waals surface area contributed by atoms with E-state index in [0.29, 0.717) is 17.9 Å². The number of allylic oxidation sites excluding steroid dienone is 3. The van der Waals surface area contributed by atoms with E-state index in [0.717, 1.165) is 11.1 Å². The highest BCUT2D eigenvalue weighted by Crippen LogP contribution is 2.49. The number of rotatable bonds is 5. The van der Waals surface area contributed by atoms with Gasteiger partial charge in [-0.15, -0.1) is 0 Å². The number of hydrogen-bond acceptors (Lipinski definition) is 10. The van der Waals surface area contributed by atoms with Gasteiger partial charge in [0.05, 0.1) is 25.3 Å². The van der Waals surface area contributed by atoms with Gasteiger partial charge in [0.2, 0.25) is 11.8 Å². The number of benzene rings is 1. The molecule has 282 valence electrons. The van der Waals surface area contributed by atoms with E-state index in [2.05, 4.69) is 5.32 Å². The number of likely N-dealkylation sites (N-methyl/N-ethyl adjacent to an activating group) is 1. The summed E-state index contributed by atoms with van der Waals surface area (Å²) in [4.78, 5) is 56.3. The van der Waals surface area contributed by atoms with E-state index in [-0.39, 0.29) is 23.8 Å². The number of nitrogens with zero attached hydrogens (tertiary/aromatic N) is 2. The van der Waals surface area contributed by atoms with Gasteiger partial charge in [-0.3, -0.25) is 14.9 Å². The van der Waals surface area contributed by atoms with E-state index in [1.54, 1.807) is 72.9 Å². The van der Waals surface area contributed by atoms with Crippen molar-refractivity contribution in [3.63, 3.8) is 0 Å². The van der Waals surface area contributed by atoms with Crippen molar-refractivity contribution in [1.82, 2.24) is 10.2 Å². The molecule has 13 nitrogen and oxygen atoms in total. The monoisotopic (exact) mass is 733 g/mol. The number of ether oxygens (including phenoxy) is 5. The van der Waals surface area contributed by atoms with Crippen LogP contribution in [0, 0.1) is 11.3 Å². The van der Waals surface area contributed by atoms with Gasteiger partial charge < -0.3 is 38.6 Å². The summed E-state index contributed by atoms with van der Waals surface area (Å²) in [5.41, 5.74) is -1.64. The van der Waals surface area contributed by atoms with Crippen molar-refractivity contribution in [2.75, 3.05) is 33.2 Å². The second-order valence-electron chi connectivity index (χ2n) is 15.1. The molecular formula is C37H52ClN3O10. The molecule has 4 bridgehead atoms. The molecule has 14 heteroatoms. The number of methoxy groups -OCH3 is 2. The number of fused-ring (bicyclic) bond motifs is 5. The molecule has 4 rings (SSSR count). The summed E-state index contributed by atoms with van der Waals surface area (Å²) >= 11 is 6.75. The van der Waals surface area contributed by atoms with Crippen molar-refractivity contribution in [2.24, 2.45) is 11.3 Å². The number of halogens is 1. The second kappa shape index (κ2) is 15.1. The van der Waals surface area contributed by atoms with Crippen molar-refractivity contribution in [1.29, 1.82) is 0 Å². The van der Waals surface area contributed by atoms with E-state index < -0.39 is 71.1 Å². The lowest BCUT2D eigenvalue weighted by Gasteiger charge is -2.42. The van der Waals surface area contributed by atoms with Gasteiger partial charge in [0.15, 0.2) is 5.72 Å². The lowest BCUT2D eigenvalue weighted by Crippen LogP contribution is -2.63. The topological polar surface area (TPSA) is 156 Å². The van der Waals surface area contributed by atoms with Gasteiger partial charge in [-0.2, -0.15) is 0 Å². The van der Waals surface area contributed by atoms with Gasteiger partial charge in [0, 0.05) is 39.0 Å². The number of amides is 3. The fourth-order valence-electron chi connectivity index (χ4n) is 6.71. The van der Waals surface area contributed by atoms with Crippen LogP contribution in [0.4, 0.5) is 10.5 Å². The minimum absolute atomic E-state index is 0.0472. The average molecular weight is 734 g/mol. The third kappa shape index (κ3) is 8.54. The molecule has 1 aromatic rings. The van der Waals surface area contributed by atoms with Crippen molar-refractivity contribution in [3.8, 4) is 5.75 Å². The third-order valence-corrected chi connectivity index (χ3v) is 10.5. The smallest absolute Gasteiger partial charge is 0.409 e. The largest absolute Gasteiger partial charge is 0.495 e. The lowest BCUT2D eigenvalue weighted by molar-refractivity contribution is -0.163. The SMILES string of the molecule is COc1cc2cc(c1Cl)N(C)C(=O)C[C@H](OC(=O)[C@H](C)N(C)C(=O)C(C)(C)C)[C@]1(C)O[C@H]1C(C)[C@@H]1C[C@@](O)(NC(=O)O1)[C@H](OC)/C=C\C=C(/C)C2. The summed E-state index contributed by atoms with van der Waals surface area (Å²) in [5, 5.41) is 14.4. The number of hydrogen-bond donors (Lipinski definition) is 2. The van der Waals surface area contributed by atoms with Crippen molar-refractivity contribution in [2.45, 2.75) is 110 Å². The normalized spacial score (nSPS) is 32.3. The number of alkyl carbamates (subject to hydrolysis) is 1. The zero-order valence-corrected chi connectivity index (χ0v) is 32.1. The highest BCUT2D eigenvalue weighted by atomic mass is 35.5. The number of carbonyl (C=O) groups excluding carboxylic acids is 4. The first-order valence-electron chi connectivity index (χ1n) is 17.0. The van der Waals surface area contributed by atoms with Gasteiger partial charge in [0.1, 0.15) is 40.7 Å². The van der Waals surface area contributed by atoms with Crippen molar-refractivity contribution >= 4 is 41.2 Å². The molecule has 1 unspecified atom stereocenters. The molecule has 2 saturated heterocycles.